The number of thiophene rings is 2. The van der Waals surface area contributed by atoms with Crippen LogP contribution in [0.3, 0.4) is 0 Å². The van der Waals surface area contributed by atoms with Gasteiger partial charge in [-0.25, -0.2) is 0 Å². The fourth-order valence-electron chi connectivity index (χ4n) is 6.06. The Hall–Kier alpha value is -2.33. The molecular weight excluding hydrogens is 569 g/mol. The molecule has 6 nitrogen and oxygen atoms in total. The molecule has 0 saturated heterocycles. The molecule has 9 heteroatoms. The van der Waals surface area contributed by atoms with Crippen molar-refractivity contribution in [2.24, 2.45) is 22.7 Å². The van der Waals surface area contributed by atoms with Gasteiger partial charge in [0.1, 0.15) is 22.1 Å². The predicted molar refractivity (Wildman–Crippen MR) is 172 cm³/mol. The van der Waals surface area contributed by atoms with Gasteiger partial charge in [-0.1, -0.05) is 54.4 Å². The monoisotopic (exact) mass is 610 g/mol. The summed E-state index contributed by atoms with van der Waals surface area (Å²) in [6.07, 6.45) is 8.02. The van der Waals surface area contributed by atoms with Gasteiger partial charge in [0.15, 0.2) is 0 Å². The van der Waals surface area contributed by atoms with E-state index in [0.717, 1.165) is 62.5 Å². The highest BCUT2D eigenvalue weighted by Crippen LogP contribution is 2.46. The quantitative estimate of drug-likeness (QED) is 0.284. The summed E-state index contributed by atoms with van der Waals surface area (Å²) in [7, 11) is 0. The molecule has 41 heavy (non-hydrogen) atoms. The average molecular weight is 611 g/mol. The molecule has 4 rings (SSSR count). The van der Waals surface area contributed by atoms with Crippen molar-refractivity contribution in [2.45, 2.75) is 92.9 Å². The van der Waals surface area contributed by atoms with Gasteiger partial charge in [0, 0.05) is 9.75 Å². The third kappa shape index (κ3) is 6.85. The van der Waals surface area contributed by atoms with Crippen LogP contribution >= 0.6 is 34.4 Å². The van der Waals surface area contributed by atoms with Crippen molar-refractivity contribution in [1.82, 2.24) is 0 Å². The van der Waals surface area contributed by atoms with Crippen LogP contribution < -0.4 is 10.6 Å². The molecule has 0 bridgehead atoms. The number of carbonyl (C=O) groups is 2. The minimum atomic E-state index is -0.211. The number of thioether (sulfide) groups is 1. The highest BCUT2D eigenvalue weighted by Gasteiger charge is 2.35. The number of fused-ring (bicyclic) bond motifs is 2. The lowest BCUT2D eigenvalue weighted by atomic mass is 9.69. The summed E-state index contributed by atoms with van der Waals surface area (Å²) in [6, 6.07) is 4.65. The SMILES string of the molecule is CCC(C)(C)[C@H]1CCc2c(sc(NC(=O)CSCC(=O)Nc3sc4c(c3C#N)CC[C@H](C(C)(C)CC)C4)c2C#N)C1. The van der Waals surface area contributed by atoms with E-state index in [1.165, 1.54) is 44.2 Å². The number of amides is 2. The van der Waals surface area contributed by atoms with Gasteiger partial charge in [-0.15, -0.1) is 34.4 Å². The first-order valence-corrected chi connectivity index (χ1v) is 17.5. The second kappa shape index (κ2) is 12.9. The Morgan fingerprint density at radius 2 is 1.20 bits per heavy atom. The number of rotatable bonds is 10. The minimum absolute atomic E-state index is 0.117. The van der Waals surface area contributed by atoms with Crippen molar-refractivity contribution < 1.29 is 9.59 Å². The van der Waals surface area contributed by atoms with Gasteiger partial charge >= 0.3 is 0 Å². The predicted octanol–water partition coefficient (Wildman–Crippen LogP) is 7.95. The third-order valence-corrected chi connectivity index (χ3v) is 13.0. The van der Waals surface area contributed by atoms with Gasteiger partial charge in [-0.05, 0) is 72.3 Å². The van der Waals surface area contributed by atoms with Crippen LogP contribution in [-0.2, 0) is 35.3 Å². The van der Waals surface area contributed by atoms with Gasteiger partial charge in [-0.3, -0.25) is 9.59 Å². The van der Waals surface area contributed by atoms with Crippen molar-refractivity contribution in [3.05, 3.63) is 32.0 Å². The topological polar surface area (TPSA) is 106 Å². The molecule has 0 unspecified atom stereocenters. The van der Waals surface area contributed by atoms with Gasteiger partial charge in [-0.2, -0.15) is 10.5 Å². The summed E-state index contributed by atoms with van der Waals surface area (Å²) < 4.78 is 0. The first-order chi connectivity index (χ1) is 19.4. The third-order valence-electron chi connectivity index (χ3n) is 9.76. The number of nitrogens with zero attached hydrogens (tertiary/aromatic N) is 2. The summed E-state index contributed by atoms with van der Waals surface area (Å²) in [6.45, 7) is 13.7. The summed E-state index contributed by atoms with van der Waals surface area (Å²) in [5.41, 5.74) is 3.90. The zero-order valence-corrected chi connectivity index (χ0v) is 27.6. The molecule has 2 N–H and O–H groups in total. The molecule has 2 aromatic rings. The van der Waals surface area contributed by atoms with E-state index in [1.807, 2.05) is 0 Å². The highest BCUT2D eigenvalue weighted by molar-refractivity contribution is 8.00. The lowest BCUT2D eigenvalue weighted by Gasteiger charge is -2.36. The molecular formula is C32H42N4O2S3. The standard InChI is InChI=1S/C32H42N4O2S3/c1-7-31(3,4)19-9-11-21-23(15-33)29(40-25(21)13-19)35-27(37)17-39-18-28(38)36-30-24(16-34)22-12-10-20(14-26(22)41-30)32(5,6)8-2/h19-20H,7-14,17-18H2,1-6H3,(H,35,37)(H,36,38)/t19-,20-/m0/s1. The van der Waals surface area contributed by atoms with Crippen LogP contribution in [0.2, 0.25) is 0 Å². The molecule has 0 fully saturated rings. The molecule has 2 atom stereocenters. The summed E-state index contributed by atoms with van der Waals surface area (Å²) in [4.78, 5) is 28.0. The van der Waals surface area contributed by atoms with Gasteiger partial charge in [0.05, 0.1) is 22.6 Å². The van der Waals surface area contributed by atoms with E-state index < -0.39 is 0 Å². The maximum absolute atomic E-state index is 12.8. The molecule has 2 aliphatic carbocycles. The fraction of sp³-hybridized carbons (Fsp3) is 0.625. The fourth-order valence-corrected chi connectivity index (χ4v) is 9.26. The van der Waals surface area contributed by atoms with E-state index in [0.29, 0.717) is 33.0 Å². The van der Waals surface area contributed by atoms with Gasteiger partial charge in [0.2, 0.25) is 11.8 Å². The zero-order chi connectivity index (χ0) is 29.9. The Balaban J connectivity index is 1.32. The zero-order valence-electron chi connectivity index (χ0n) is 25.2. The minimum Gasteiger partial charge on any atom is -0.316 e. The number of anilines is 2. The van der Waals surface area contributed by atoms with Crippen LogP contribution in [0.15, 0.2) is 0 Å². The molecule has 0 spiro atoms. The molecule has 2 aliphatic rings. The average Bonchev–Trinajstić information content (AvgIpc) is 3.47. The summed E-state index contributed by atoms with van der Waals surface area (Å²) >= 11 is 4.31. The molecule has 0 aromatic carbocycles. The Labute approximate surface area is 257 Å². The van der Waals surface area contributed by atoms with Crippen LogP contribution in [0.1, 0.15) is 99.2 Å². The lowest BCUT2D eigenvalue weighted by Crippen LogP contribution is -2.28. The first-order valence-electron chi connectivity index (χ1n) is 14.7. The number of nitriles is 2. The maximum atomic E-state index is 12.8. The second-order valence-electron chi connectivity index (χ2n) is 12.8. The molecule has 0 radical (unpaired) electrons. The summed E-state index contributed by atoms with van der Waals surface area (Å²) in [5, 5.41) is 26.8. The Morgan fingerprint density at radius 3 is 1.54 bits per heavy atom. The van der Waals surface area contributed by atoms with Crippen LogP contribution in [0.4, 0.5) is 10.0 Å². The van der Waals surface area contributed by atoms with Crippen LogP contribution in [0.25, 0.3) is 0 Å². The van der Waals surface area contributed by atoms with Crippen molar-refractivity contribution in [1.29, 1.82) is 10.5 Å². The van der Waals surface area contributed by atoms with E-state index in [2.05, 4.69) is 64.3 Å². The Morgan fingerprint density at radius 1 is 0.805 bits per heavy atom. The van der Waals surface area contributed by atoms with E-state index in [4.69, 9.17) is 0 Å². The maximum Gasteiger partial charge on any atom is 0.235 e. The second-order valence-corrected chi connectivity index (χ2v) is 16.0. The molecule has 0 aliphatic heterocycles. The number of nitrogens with one attached hydrogen (secondary N) is 2. The molecule has 2 amide bonds. The van der Waals surface area contributed by atoms with Gasteiger partial charge < -0.3 is 10.6 Å². The highest BCUT2D eigenvalue weighted by atomic mass is 32.2. The van der Waals surface area contributed by atoms with E-state index >= 15 is 0 Å². The molecule has 220 valence electrons. The van der Waals surface area contributed by atoms with E-state index in [-0.39, 0.29) is 34.2 Å². The molecule has 2 heterocycles. The first kappa shape index (κ1) is 31.6. The lowest BCUT2D eigenvalue weighted by molar-refractivity contribution is -0.114. The largest absolute Gasteiger partial charge is 0.316 e. The van der Waals surface area contributed by atoms with Crippen molar-refractivity contribution in [3.8, 4) is 12.1 Å². The number of carbonyl (C=O) groups excluding carboxylic acids is 2. The van der Waals surface area contributed by atoms with Crippen molar-refractivity contribution >= 4 is 56.3 Å². The normalized spacial score (nSPS) is 18.5. The van der Waals surface area contributed by atoms with Crippen LogP contribution in [-0.4, -0.2) is 23.3 Å². The number of hydrogen-bond acceptors (Lipinski definition) is 7. The number of hydrogen-bond donors (Lipinski definition) is 2. The molecule has 0 saturated carbocycles. The Kier molecular flexibility index (Phi) is 9.94. The summed E-state index contributed by atoms with van der Waals surface area (Å²) in [5.74, 6) is 0.957. The molecule has 2 aromatic heterocycles. The smallest absolute Gasteiger partial charge is 0.235 e. The van der Waals surface area contributed by atoms with Crippen molar-refractivity contribution in [2.75, 3.05) is 22.1 Å². The van der Waals surface area contributed by atoms with E-state index in [1.54, 1.807) is 0 Å². The Bertz CT molecular complexity index is 1280. The van der Waals surface area contributed by atoms with Crippen LogP contribution in [0.5, 0.6) is 0 Å². The van der Waals surface area contributed by atoms with Gasteiger partial charge in [0.25, 0.3) is 0 Å². The van der Waals surface area contributed by atoms with Crippen LogP contribution in [0, 0.1) is 45.3 Å². The van der Waals surface area contributed by atoms with E-state index in [9.17, 15) is 20.1 Å². The van der Waals surface area contributed by atoms with Crippen molar-refractivity contribution in [3.63, 3.8) is 0 Å².